The van der Waals surface area contributed by atoms with Gasteiger partial charge in [0.15, 0.2) is 0 Å². The molecular weight excluding hydrogens is 230 g/mol. The molecule has 2 heterocycles. The van der Waals surface area contributed by atoms with E-state index in [0.717, 1.165) is 39.0 Å². The minimum atomic E-state index is 0.218. The highest BCUT2D eigenvalue weighted by atomic mass is 16.2. The largest absolute Gasteiger partial charge is 0.342 e. The molecule has 18 heavy (non-hydrogen) atoms. The van der Waals surface area contributed by atoms with Crippen molar-refractivity contribution in [1.29, 1.82) is 0 Å². The Hall–Kier alpha value is -1.43. The van der Waals surface area contributed by atoms with Crippen LogP contribution < -0.4 is 5.32 Å². The fourth-order valence-electron chi connectivity index (χ4n) is 2.17. The van der Waals surface area contributed by atoms with Crippen LogP contribution in [0.25, 0.3) is 0 Å². The van der Waals surface area contributed by atoms with Crippen molar-refractivity contribution in [3.63, 3.8) is 0 Å². The van der Waals surface area contributed by atoms with Gasteiger partial charge in [0.25, 0.3) is 0 Å². The molecule has 1 fully saturated rings. The van der Waals surface area contributed by atoms with Crippen molar-refractivity contribution in [1.82, 2.24) is 25.2 Å². The lowest BCUT2D eigenvalue weighted by Gasteiger charge is -2.20. The highest BCUT2D eigenvalue weighted by Crippen LogP contribution is 2.09. The van der Waals surface area contributed by atoms with Crippen LogP contribution in [0.4, 0.5) is 0 Å². The predicted molar refractivity (Wildman–Crippen MR) is 67.9 cm³/mol. The summed E-state index contributed by atoms with van der Waals surface area (Å²) in [6.07, 6.45) is 8.27. The summed E-state index contributed by atoms with van der Waals surface area (Å²) in [6, 6.07) is 0. The van der Waals surface area contributed by atoms with Crippen LogP contribution in [0.1, 0.15) is 25.7 Å². The van der Waals surface area contributed by atoms with Crippen LogP contribution in [-0.2, 0) is 11.3 Å². The maximum Gasteiger partial charge on any atom is 0.236 e. The summed E-state index contributed by atoms with van der Waals surface area (Å²) < 4.78 is 1.75. The molecule has 1 aromatic heterocycles. The first-order valence-electron chi connectivity index (χ1n) is 6.69. The molecule has 2 rings (SSSR count). The molecule has 0 spiro atoms. The zero-order valence-electron chi connectivity index (χ0n) is 10.7. The molecule has 1 amide bonds. The van der Waals surface area contributed by atoms with E-state index in [9.17, 15) is 4.79 Å². The van der Waals surface area contributed by atoms with Crippen LogP contribution in [0.15, 0.2) is 12.4 Å². The zero-order valence-corrected chi connectivity index (χ0v) is 10.7. The third kappa shape index (κ3) is 4.10. The maximum absolute atomic E-state index is 11.9. The quantitative estimate of drug-likeness (QED) is 0.763. The molecule has 0 bridgehead atoms. The molecule has 1 saturated heterocycles. The number of likely N-dealkylation sites (tertiary alicyclic amines) is 1. The highest BCUT2D eigenvalue weighted by molar-refractivity contribution is 5.78. The molecule has 0 saturated carbocycles. The number of carbonyl (C=O) groups excluding carboxylic acids is 1. The molecule has 0 radical (unpaired) electrons. The van der Waals surface area contributed by atoms with Gasteiger partial charge in [-0.2, -0.15) is 0 Å². The van der Waals surface area contributed by atoms with Gasteiger partial charge in [0.1, 0.15) is 0 Å². The standard InChI is InChI=1S/C12H21N5O/c18-12(16-7-3-1-2-4-8-16)11-13-5-9-17-10-6-14-15-17/h6,10,13H,1-5,7-9,11H2. The monoisotopic (exact) mass is 251 g/mol. The van der Waals surface area contributed by atoms with Gasteiger partial charge in [-0.15, -0.1) is 5.10 Å². The second-order valence-corrected chi connectivity index (χ2v) is 4.64. The van der Waals surface area contributed by atoms with E-state index in [1.54, 1.807) is 10.9 Å². The number of aromatic nitrogens is 3. The average Bonchev–Trinajstić information content (AvgIpc) is 2.74. The first-order chi connectivity index (χ1) is 8.86. The second kappa shape index (κ2) is 7.10. The van der Waals surface area contributed by atoms with Crippen molar-refractivity contribution in [3.05, 3.63) is 12.4 Å². The van der Waals surface area contributed by atoms with Gasteiger partial charge in [0, 0.05) is 25.8 Å². The van der Waals surface area contributed by atoms with E-state index < -0.39 is 0 Å². The fraction of sp³-hybridized carbons (Fsp3) is 0.750. The number of nitrogens with one attached hydrogen (secondary N) is 1. The zero-order chi connectivity index (χ0) is 12.6. The number of carbonyl (C=O) groups is 1. The van der Waals surface area contributed by atoms with Gasteiger partial charge in [0.2, 0.25) is 5.91 Å². The molecule has 100 valence electrons. The summed E-state index contributed by atoms with van der Waals surface area (Å²) in [7, 11) is 0. The number of hydrogen-bond donors (Lipinski definition) is 1. The van der Waals surface area contributed by atoms with Gasteiger partial charge < -0.3 is 10.2 Å². The molecule has 1 aromatic rings. The molecule has 0 atom stereocenters. The summed E-state index contributed by atoms with van der Waals surface area (Å²) in [4.78, 5) is 13.9. The average molecular weight is 251 g/mol. The lowest BCUT2D eigenvalue weighted by Crippen LogP contribution is -2.39. The third-order valence-electron chi connectivity index (χ3n) is 3.22. The predicted octanol–water partition coefficient (Wildman–Crippen LogP) is 0.270. The van der Waals surface area contributed by atoms with Crippen molar-refractivity contribution >= 4 is 5.91 Å². The number of rotatable bonds is 5. The van der Waals surface area contributed by atoms with Crippen molar-refractivity contribution in [3.8, 4) is 0 Å². The maximum atomic E-state index is 11.9. The molecule has 1 aliphatic rings. The van der Waals surface area contributed by atoms with E-state index in [4.69, 9.17) is 0 Å². The summed E-state index contributed by atoms with van der Waals surface area (Å²) >= 11 is 0. The molecule has 0 aliphatic carbocycles. The molecule has 1 N–H and O–H groups in total. The van der Waals surface area contributed by atoms with Gasteiger partial charge in [0.05, 0.1) is 19.3 Å². The topological polar surface area (TPSA) is 63.1 Å². The first-order valence-corrected chi connectivity index (χ1v) is 6.69. The Morgan fingerprint density at radius 1 is 1.22 bits per heavy atom. The second-order valence-electron chi connectivity index (χ2n) is 4.64. The van der Waals surface area contributed by atoms with Gasteiger partial charge in [-0.25, -0.2) is 0 Å². The molecule has 6 heteroatoms. The van der Waals surface area contributed by atoms with E-state index in [-0.39, 0.29) is 5.91 Å². The van der Waals surface area contributed by atoms with E-state index in [1.165, 1.54) is 12.8 Å². The van der Waals surface area contributed by atoms with Gasteiger partial charge in [-0.05, 0) is 12.8 Å². The molecule has 1 aliphatic heterocycles. The van der Waals surface area contributed by atoms with Crippen LogP contribution in [0.5, 0.6) is 0 Å². The number of amides is 1. The normalized spacial score (nSPS) is 16.6. The highest BCUT2D eigenvalue weighted by Gasteiger charge is 2.14. The van der Waals surface area contributed by atoms with Crippen LogP contribution in [0.3, 0.4) is 0 Å². The molecular formula is C12H21N5O. The summed E-state index contributed by atoms with van der Waals surface area (Å²) in [6.45, 7) is 3.75. The lowest BCUT2D eigenvalue weighted by atomic mass is 10.2. The lowest BCUT2D eigenvalue weighted by molar-refractivity contribution is -0.130. The van der Waals surface area contributed by atoms with Crippen molar-refractivity contribution in [2.45, 2.75) is 32.2 Å². The molecule has 6 nitrogen and oxygen atoms in total. The van der Waals surface area contributed by atoms with Crippen molar-refractivity contribution < 1.29 is 4.79 Å². The summed E-state index contributed by atoms with van der Waals surface area (Å²) in [5.74, 6) is 0.218. The van der Waals surface area contributed by atoms with E-state index in [2.05, 4.69) is 15.6 Å². The number of hydrogen-bond acceptors (Lipinski definition) is 4. The summed E-state index contributed by atoms with van der Waals surface area (Å²) in [5, 5.41) is 10.8. The minimum Gasteiger partial charge on any atom is -0.342 e. The fourth-order valence-corrected chi connectivity index (χ4v) is 2.17. The summed E-state index contributed by atoms with van der Waals surface area (Å²) in [5.41, 5.74) is 0. The van der Waals surface area contributed by atoms with E-state index in [0.29, 0.717) is 6.54 Å². The Kier molecular flexibility index (Phi) is 5.14. The smallest absolute Gasteiger partial charge is 0.236 e. The Bertz CT molecular complexity index is 343. The van der Waals surface area contributed by atoms with E-state index in [1.807, 2.05) is 11.1 Å². The Balaban J connectivity index is 1.61. The Morgan fingerprint density at radius 2 is 2.00 bits per heavy atom. The number of nitrogens with zero attached hydrogens (tertiary/aromatic N) is 4. The van der Waals surface area contributed by atoms with Crippen LogP contribution >= 0.6 is 0 Å². The van der Waals surface area contributed by atoms with Crippen LogP contribution in [0.2, 0.25) is 0 Å². The Morgan fingerprint density at radius 3 is 2.67 bits per heavy atom. The van der Waals surface area contributed by atoms with E-state index >= 15 is 0 Å². The third-order valence-corrected chi connectivity index (χ3v) is 3.22. The van der Waals surface area contributed by atoms with Crippen LogP contribution in [0, 0.1) is 0 Å². The van der Waals surface area contributed by atoms with Gasteiger partial charge >= 0.3 is 0 Å². The van der Waals surface area contributed by atoms with Crippen molar-refractivity contribution in [2.24, 2.45) is 0 Å². The molecule has 0 aromatic carbocycles. The SMILES string of the molecule is O=C(CNCCn1ccnn1)N1CCCCCC1. The first kappa shape index (κ1) is 13.0. The van der Waals surface area contributed by atoms with Crippen molar-refractivity contribution in [2.75, 3.05) is 26.2 Å². The van der Waals surface area contributed by atoms with Gasteiger partial charge in [-0.1, -0.05) is 18.1 Å². The molecule has 0 unspecified atom stereocenters. The van der Waals surface area contributed by atoms with Crippen LogP contribution in [-0.4, -0.2) is 52.0 Å². The Labute approximate surface area is 107 Å². The van der Waals surface area contributed by atoms with Gasteiger partial charge in [-0.3, -0.25) is 9.48 Å². The minimum absolute atomic E-state index is 0.218.